The van der Waals surface area contributed by atoms with E-state index < -0.39 is 5.92 Å². The van der Waals surface area contributed by atoms with E-state index in [-0.39, 0.29) is 18.0 Å². The van der Waals surface area contributed by atoms with Crippen molar-refractivity contribution in [3.05, 3.63) is 57.0 Å². The van der Waals surface area contributed by atoms with Crippen LogP contribution in [-0.2, 0) is 0 Å². The Balaban J connectivity index is 2.05. The molecular weight excluding hydrogens is 400 g/mol. The molecule has 0 radical (unpaired) electrons. The molecule has 0 fully saturated rings. The molecule has 1 atom stereocenters. The van der Waals surface area contributed by atoms with Gasteiger partial charge in [-0.1, -0.05) is 6.92 Å². The fourth-order valence-corrected chi connectivity index (χ4v) is 2.26. The fraction of sp³-hybridized carbons (Fsp3) is 0.200. The highest BCUT2D eigenvalue weighted by Gasteiger charge is 2.21. The van der Waals surface area contributed by atoms with Crippen LogP contribution in [-0.4, -0.2) is 21.5 Å². The first-order chi connectivity index (χ1) is 9.97. The predicted molar refractivity (Wildman–Crippen MR) is 86.3 cm³/mol. The number of hydrogen-bond donors (Lipinski definition) is 0. The summed E-state index contributed by atoms with van der Waals surface area (Å²) >= 11 is 6.53. The Labute approximate surface area is 139 Å². The molecule has 0 bridgehead atoms. The van der Waals surface area contributed by atoms with E-state index in [1.54, 1.807) is 43.6 Å². The van der Waals surface area contributed by atoms with E-state index in [9.17, 15) is 9.59 Å². The lowest BCUT2D eigenvalue weighted by atomic mass is 9.96. The lowest BCUT2D eigenvalue weighted by molar-refractivity contribution is 0.0858. The van der Waals surface area contributed by atoms with Crippen LogP contribution in [0.3, 0.4) is 0 Å². The van der Waals surface area contributed by atoms with Crippen molar-refractivity contribution in [3.8, 4) is 0 Å². The van der Waals surface area contributed by atoms with Crippen LogP contribution < -0.4 is 0 Å². The maximum Gasteiger partial charge on any atom is 0.184 e. The van der Waals surface area contributed by atoms with Gasteiger partial charge in [0.2, 0.25) is 0 Å². The van der Waals surface area contributed by atoms with Crippen LogP contribution in [0.25, 0.3) is 0 Å². The Morgan fingerprint density at radius 2 is 1.52 bits per heavy atom. The minimum absolute atomic E-state index is 0.116. The van der Waals surface area contributed by atoms with Gasteiger partial charge < -0.3 is 0 Å². The second-order valence-corrected chi connectivity index (χ2v) is 6.45. The van der Waals surface area contributed by atoms with E-state index in [1.165, 1.54) is 0 Å². The van der Waals surface area contributed by atoms with Gasteiger partial charge in [0, 0.05) is 33.7 Å². The lowest BCUT2D eigenvalue weighted by Gasteiger charge is -2.09. The minimum atomic E-state index is -0.434. The molecule has 6 heteroatoms. The molecule has 2 aromatic heterocycles. The van der Waals surface area contributed by atoms with E-state index in [4.69, 9.17) is 0 Å². The van der Waals surface area contributed by atoms with Crippen molar-refractivity contribution < 1.29 is 9.59 Å². The van der Waals surface area contributed by atoms with Crippen molar-refractivity contribution in [2.45, 2.75) is 13.3 Å². The molecule has 0 N–H and O–H groups in total. The van der Waals surface area contributed by atoms with Gasteiger partial charge in [0.15, 0.2) is 11.6 Å². The molecular formula is C15H12Br2N2O2. The molecule has 0 aliphatic carbocycles. The quantitative estimate of drug-likeness (QED) is 0.695. The van der Waals surface area contributed by atoms with Crippen LogP contribution in [0.15, 0.2) is 45.6 Å². The molecule has 0 aliphatic rings. The highest BCUT2D eigenvalue weighted by atomic mass is 79.9. The highest BCUT2D eigenvalue weighted by molar-refractivity contribution is 9.10. The maximum absolute atomic E-state index is 12.2. The zero-order chi connectivity index (χ0) is 15.4. The summed E-state index contributed by atoms with van der Waals surface area (Å²) in [5, 5.41) is 0. The predicted octanol–water partition coefficient (Wildman–Crippen LogP) is 4.09. The first kappa shape index (κ1) is 16.0. The summed E-state index contributed by atoms with van der Waals surface area (Å²) in [6.07, 6.45) is 3.25. The summed E-state index contributed by atoms with van der Waals surface area (Å²) in [4.78, 5) is 32.4. The summed E-state index contributed by atoms with van der Waals surface area (Å²) in [5.41, 5.74) is 0.726. The monoisotopic (exact) mass is 410 g/mol. The van der Waals surface area contributed by atoms with Gasteiger partial charge in [0.05, 0.1) is 0 Å². The van der Waals surface area contributed by atoms with Gasteiger partial charge in [-0.2, -0.15) is 0 Å². The average Bonchev–Trinajstić information content (AvgIpc) is 2.47. The number of nitrogens with zero attached hydrogens (tertiary/aromatic N) is 2. The first-order valence-electron chi connectivity index (χ1n) is 6.28. The Bertz CT molecular complexity index is 654. The van der Waals surface area contributed by atoms with E-state index in [1.807, 2.05) is 0 Å². The van der Waals surface area contributed by atoms with Crippen LogP contribution in [0.5, 0.6) is 0 Å². The summed E-state index contributed by atoms with van der Waals surface area (Å²) in [6, 6.07) is 6.79. The Morgan fingerprint density at radius 3 is 2.00 bits per heavy atom. The molecule has 2 rings (SSSR count). The Morgan fingerprint density at radius 1 is 1.00 bits per heavy atom. The first-order valence-corrected chi connectivity index (χ1v) is 7.86. The van der Waals surface area contributed by atoms with E-state index in [0.717, 1.165) is 8.95 Å². The van der Waals surface area contributed by atoms with Crippen molar-refractivity contribution in [3.63, 3.8) is 0 Å². The van der Waals surface area contributed by atoms with Gasteiger partial charge >= 0.3 is 0 Å². The number of Topliss-reactive ketones (excluding diaryl/α,β-unsaturated/α-hetero) is 2. The number of halogens is 2. The van der Waals surface area contributed by atoms with Crippen molar-refractivity contribution in [1.82, 2.24) is 9.97 Å². The van der Waals surface area contributed by atoms with Crippen LogP contribution in [0.4, 0.5) is 0 Å². The molecule has 0 saturated carbocycles. The van der Waals surface area contributed by atoms with Crippen molar-refractivity contribution >= 4 is 43.4 Å². The summed E-state index contributed by atoms with van der Waals surface area (Å²) < 4.78 is 1.61. The molecule has 0 aliphatic heterocycles. The summed E-state index contributed by atoms with van der Waals surface area (Å²) in [6.45, 7) is 1.73. The summed E-state index contributed by atoms with van der Waals surface area (Å²) in [5.74, 6) is -0.731. The van der Waals surface area contributed by atoms with Crippen LogP contribution in [0.2, 0.25) is 0 Å². The van der Waals surface area contributed by atoms with Crippen molar-refractivity contribution in [2.75, 3.05) is 0 Å². The number of aromatic nitrogens is 2. The fourth-order valence-electron chi connectivity index (χ4n) is 1.79. The largest absolute Gasteiger partial charge is 0.292 e. The van der Waals surface area contributed by atoms with Gasteiger partial charge in [-0.3, -0.25) is 19.6 Å². The summed E-state index contributed by atoms with van der Waals surface area (Å²) in [7, 11) is 0. The molecule has 2 heterocycles. The number of carbonyl (C=O) groups is 2. The van der Waals surface area contributed by atoms with Gasteiger partial charge in [-0.05, 0) is 56.1 Å². The van der Waals surface area contributed by atoms with E-state index in [0.29, 0.717) is 11.4 Å². The molecule has 0 amide bonds. The zero-order valence-electron chi connectivity index (χ0n) is 11.2. The maximum atomic E-state index is 12.2. The van der Waals surface area contributed by atoms with Crippen molar-refractivity contribution in [1.29, 1.82) is 0 Å². The smallest absolute Gasteiger partial charge is 0.184 e. The topological polar surface area (TPSA) is 59.9 Å². The van der Waals surface area contributed by atoms with E-state index in [2.05, 4.69) is 41.8 Å². The molecule has 108 valence electrons. The number of carbonyl (C=O) groups excluding carboxylic acids is 2. The molecule has 2 aromatic rings. The Kier molecular flexibility index (Phi) is 5.36. The Hall–Kier alpha value is -1.40. The van der Waals surface area contributed by atoms with Crippen LogP contribution in [0.1, 0.15) is 34.3 Å². The minimum Gasteiger partial charge on any atom is -0.292 e. The molecule has 0 spiro atoms. The highest BCUT2D eigenvalue weighted by Crippen LogP contribution is 2.16. The van der Waals surface area contributed by atoms with Gasteiger partial charge in [-0.15, -0.1) is 0 Å². The normalized spacial score (nSPS) is 12.0. The van der Waals surface area contributed by atoms with Gasteiger partial charge in [-0.25, -0.2) is 0 Å². The average molecular weight is 412 g/mol. The SMILES string of the molecule is CC(CC(=O)c1ccc(Br)cn1)C(=O)c1ccc(Br)cn1. The molecule has 1 unspecified atom stereocenters. The van der Waals surface area contributed by atoms with Gasteiger partial charge in [0.25, 0.3) is 0 Å². The number of rotatable bonds is 5. The van der Waals surface area contributed by atoms with Crippen LogP contribution >= 0.6 is 31.9 Å². The third-order valence-electron chi connectivity index (χ3n) is 2.93. The second kappa shape index (κ2) is 7.04. The molecule has 0 aromatic carbocycles. The van der Waals surface area contributed by atoms with E-state index >= 15 is 0 Å². The van der Waals surface area contributed by atoms with Gasteiger partial charge in [0.1, 0.15) is 11.4 Å². The number of hydrogen-bond acceptors (Lipinski definition) is 4. The van der Waals surface area contributed by atoms with Crippen molar-refractivity contribution in [2.24, 2.45) is 5.92 Å². The van der Waals surface area contributed by atoms with Crippen LogP contribution in [0, 0.1) is 5.92 Å². The molecule has 0 saturated heterocycles. The number of ketones is 2. The third kappa shape index (κ3) is 4.28. The second-order valence-electron chi connectivity index (χ2n) is 4.62. The molecule has 4 nitrogen and oxygen atoms in total. The third-order valence-corrected chi connectivity index (χ3v) is 3.87. The number of pyridine rings is 2. The molecule has 21 heavy (non-hydrogen) atoms. The standard InChI is InChI=1S/C15H12Br2N2O2/c1-9(15(21)13-5-3-11(17)8-19-13)6-14(20)12-4-2-10(16)7-18-12/h2-5,7-9H,6H2,1H3. The lowest BCUT2D eigenvalue weighted by Crippen LogP contribution is -2.17. The zero-order valence-corrected chi connectivity index (χ0v) is 14.4.